The summed E-state index contributed by atoms with van der Waals surface area (Å²) in [6.45, 7) is 4.22. The Morgan fingerprint density at radius 1 is 1.47 bits per heavy atom. The smallest absolute Gasteiger partial charge is 0.309 e. The Morgan fingerprint density at radius 3 is 2.76 bits per heavy atom. The summed E-state index contributed by atoms with van der Waals surface area (Å²) >= 11 is 0. The van der Waals surface area contributed by atoms with Crippen molar-refractivity contribution in [3.05, 3.63) is 35.6 Å². The number of rotatable bonds is 5. The van der Waals surface area contributed by atoms with Crippen LogP contribution >= 0.6 is 0 Å². The van der Waals surface area contributed by atoms with Gasteiger partial charge in [-0.2, -0.15) is 0 Å². The molecule has 0 aliphatic heterocycles. The standard InChI is InChI=1S/C13H18FNO2/c1-9(13(16)17-3)8-15-10(2)11-5-4-6-12(14)7-11/h4-7,9-10,15H,8H2,1-3H3/t9?,10-/m1/s1. The summed E-state index contributed by atoms with van der Waals surface area (Å²) in [4.78, 5) is 11.2. The van der Waals surface area contributed by atoms with E-state index in [1.54, 1.807) is 13.0 Å². The largest absolute Gasteiger partial charge is 0.469 e. The lowest BCUT2D eigenvalue weighted by molar-refractivity contribution is -0.144. The number of halogens is 1. The van der Waals surface area contributed by atoms with Gasteiger partial charge in [-0.25, -0.2) is 4.39 Å². The lowest BCUT2D eigenvalue weighted by Gasteiger charge is -2.16. The molecule has 0 aromatic heterocycles. The summed E-state index contributed by atoms with van der Waals surface area (Å²) in [5.41, 5.74) is 0.863. The third-order valence-corrected chi connectivity index (χ3v) is 2.68. The highest BCUT2D eigenvalue weighted by Crippen LogP contribution is 2.13. The maximum atomic E-state index is 13.0. The van der Waals surface area contributed by atoms with E-state index in [4.69, 9.17) is 0 Å². The fourth-order valence-electron chi connectivity index (χ4n) is 1.53. The maximum Gasteiger partial charge on any atom is 0.309 e. The lowest BCUT2D eigenvalue weighted by Crippen LogP contribution is -2.29. The second-order valence-corrected chi connectivity index (χ2v) is 4.11. The van der Waals surface area contributed by atoms with Crippen molar-refractivity contribution in [3.63, 3.8) is 0 Å². The van der Waals surface area contributed by atoms with Gasteiger partial charge >= 0.3 is 5.97 Å². The zero-order valence-corrected chi connectivity index (χ0v) is 10.4. The van der Waals surface area contributed by atoms with Crippen molar-refractivity contribution in [2.45, 2.75) is 19.9 Å². The van der Waals surface area contributed by atoms with Crippen LogP contribution in [0.5, 0.6) is 0 Å². The van der Waals surface area contributed by atoms with Gasteiger partial charge in [-0.05, 0) is 24.6 Å². The fraction of sp³-hybridized carbons (Fsp3) is 0.462. The quantitative estimate of drug-likeness (QED) is 0.801. The molecule has 4 heteroatoms. The SMILES string of the molecule is COC(=O)C(C)CN[C@H](C)c1cccc(F)c1. The molecule has 1 aromatic carbocycles. The minimum absolute atomic E-state index is 0.00203. The van der Waals surface area contributed by atoms with Gasteiger partial charge in [0.15, 0.2) is 0 Å². The molecule has 17 heavy (non-hydrogen) atoms. The Morgan fingerprint density at radius 2 is 2.18 bits per heavy atom. The topological polar surface area (TPSA) is 38.3 Å². The first kappa shape index (κ1) is 13.6. The molecule has 0 heterocycles. The average molecular weight is 239 g/mol. The average Bonchev–Trinajstić information content (AvgIpc) is 2.34. The van der Waals surface area contributed by atoms with Crippen LogP contribution in [-0.4, -0.2) is 19.6 Å². The van der Waals surface area contributed by atoms with E-state index in [-0.39, 0.29) is 23.7 Å². The Bertz CT molecular complexity index is 381. The molecule has 94 valence electrons. The van der Waals surface area contributed by atoms with Crippen molar-refractivity contribution in [2.24, 2.45) is 5.92 Å². The molecule has 1 aromatic rings. The molecule has 0 bridgehead atoms. The lowest BCUT2D eigenvalue weighted by atomic mass is 10.1. The van der Waals surface area contributed by atoms with Crippen LogP contribution in [0.25, 0.3) is 0 Å². The highest BCUT2D eigenvalue weighted by molar-refractivity contribution is 5.72. The second kappa shape index (κ2) is 6.35. The van der Waals surface area contributed by atoms with E-state index in [2.05, 4.69) is 10.1 Å². The molecule has 0 amide bonds. The molecule has 3 nitrogen and oxygen atoms in total. The van der Waals surface area contributed by atoms with Crippen molar-refractivity contribution in [1.82, 2.24) is 5.32 Å². The number of carbonyl (C=O) groups is 1. The van der Waals surface area contributed by atoms with Gasteiger partial charge in [0.1, 0.15) is 5.82 Å². The van der Waals surface area contributed by atoms with Crippen molar-refractivity contribution >= 4 is 5.97 Å². The predicted octanol–water partition coefficient (Wildman–Crippen LogP) is 2.29. The van der Waals surface area contributed by atoms with Gasteiger partial charge in [-0.15, -0.1) is 0 Å². The number of carbonyl (C=O) groups excluding carboxylic acids is 1. The fourth-order valence-corrected chi connectivity index (χ4v) is 1.53. The van der Waals surface area contributed by atoms with Gasteiger partial charge in [0, 0.05) is 12.6 Å². The number of nitrogens with one attached hydrogen (secondary N) is 1. The number of hydrogen-bond donors (Lipinski definition) is 1. The van der Waals surface area contributed by atoms with Crippen molar-refractivity contribution in [3.8, 4) is 0 Å². The number of esters is 1. The van der Waals surface area contributed by atoms with E-state index >= 15 is 0 Å². The van der Waals surface area contributed by atoms with Gasteiger partial charge in [0.05, 0.1) is 13.0 Å². The molecule has 0 radical (unpaired) electrons. The molecule has 0 aliphatic carbocycles. The minimum atomic E-state index is -0.253. The highest BCUT2D eigenvalue weighted by atomic mass is 19.1. The number of benzene rings is 1. The highest BCUT2D eigenvalue weighted by Gasteiger charge is 2.14. The van der Waals surface area contributed by atoms with Gasteiger partial charge in [-0.3, -0.25) is 4.79 Å². The number of hydrogen-bond acceptors (Lipinski definition) is 3. The first-order valence-electron chi connectivity index (χ1n) is 5.61. The second-order valence-electron chi connectivity index (χ2n) is 4.11. The molecule has 0 saturated carbocycles. The third kappa shape index (κ3) is 4.15. The number of methoxy groups -OCH3 is 1. The van der Waals surface area contributed by atoms with Crippen molar-refractivity contribution in [2.75, 3.05) is 13.7 Å². The van der Waals surface area contributed by atoms with Crippen molar-refractivity contribution < 1.29 is 13.9 Å². The van der Waals surface area contributed by atoms with E-state index in [1.165, 1.54) is 19.2 Å². The molecular formula is C13H18FNO2. The summed E-state index contributed by atoms with van der Waals surface area (Å²) in [6.07, 6.45) is 0. The van der Waals surface area contributed by atoms with E-state index in [1.807, 2.05) is 13.0 Å². The zero-order chi connectivity index (χ0) is 12.8. The van der Waals surface area contributed by atoms with E-state index in [9.17, 15) is 9.18 Å². The molecule has 0 fully saturated rings. The summed E-state index contributed by atoms with van der Waals surface area (Å²) in [7, 11) is 1.37. The molecule has 1 N–H and O–H groups in total. The Balaban J connectivity index is 2.50. The van der Waals surface area contributed by atoms with Gasteiger partial charge < -0.3 is 10.1 Å². The van der Waals surface area contributed by atoms with Crippen LogP contribution in [0.15, 0.2) is 24.3 Å². The summed E-state index contributed by atoms with van der Waals surface area (Å²) in [6, 6.07) is 6.42. The van der Waals surface area contributed by atoms with Crippen LogP contribution in [0, 0.1) is 11.7 Å². The molecular weight excluding hydrogens is 221 g/mol. The third-order valence-electron chi connectivity index (χ3n) is 2.68. The van der Waals surface area contributed by atoms with Crippen molar-refractivity contribution in [1.29, 1.82) is 0 Å². The molecule has 0 spiro atoms. The number of ether oxygens (including phenoxy) is 1. The minimum Gasteiger partial charge on any atom is -0.469 e. The summed E-state index contributed by atoms with van der Waals surface area (Å²) in [5.74, 6) is -0.711. The molecule has 1 rings (SSSR count). The Hall–Kier alpha value is -1.42. The normalized spacial score (nSPS) is 14.1. The summed E-state index contributed by atoms with van der Waals surface area (Å²) < 4.78 is 17.6. The molecule has 1 unspecified atom stereocenters. The molecule has 0 aliphatic rings. The van der Waals surface area contributed by atoms with Gasteiger partial charge in [0.2, 0.25) is 0 Å². The molecule has 0 saturated heterocycles. The Labute approximate surface area is 101 Å². The van der Waals surface area contributed by atoms with Crippen LogP contribution in [0.1, 0.15) is 25.5 Å². The predicted molar refractivity (Wildman–Crippen MR) is 64.0 cm³/mol. The van der Waals surface area contributed by atoms with Crippen LogP contribution in [0.2, 0.25) is 0 Å². The summed E-state index contributed by atoms with van der Waals surface area (Å²) in [5, 5.41) is 3.17. The van der Waals surface area contributed by atoms with Crippen LogP contribution in [0.4, 0.5) is 4.39 Å². The van der Waals surface area contributed by atoms with E-state index in [0.717, 1.165) is 5.56 Å². The van der Waals surface area contributed by atoms with Crippen LogP contribution < -0.4 is 5.32 Å². The van der Waals surface area contributed by atoms with E-state index < -0.39 is 0 Å². The molecule has 2 atom stereocenters. The first-order valence-corrected chi connectivity index (χ1v) is 5.61. The first-order chi connectivity index (χ1) is 8.04. The zero-order valence-electron chi connectivity index (χ0n) is 10.4. The Kier molecular flexibility index (Phi) is 5.10. The van der Waals surface area contributed by atoms with Crippen LogP contribution in [-0.2, 0) is 9.53 Å². The van der Waals surface area contributed by atoms with Gasteiger partial charge in [-0.1, -0.05) is 19.1 Å². The van der Waals surface area contributed by atoms with Gasteiger partial charge in [0.25, 0.3) is 0 Å². The maximum absolute atomic E-state index is 13.0. The monoisotopic (exact) mass is 239 g/mol. The van der Waals surface area contributed by atoms with Crippen LogP contribution in [0.3, 0.4) is 0 Å². The van der Waals surface area contributed by atoms with E-state index in [0.29, 0.717) is 6.54 Å².